The zero-order chi connectivity index (χ0) is 26.7. The maximum atomic E-state index is 14.6. The van der Waals surface area contributed by atoms with Crippen LogP contribution in [-0.2, 0) is 10.2 Å². The average molecular weight is 511 g/mol. The molecule has 7 rings (SSSR count). The van der Waals surface area contributed by atoms with Gasteiger partial charge in [-0.25, -0.2) is 0 Å². The molecule has 3 heterocycles. The molecule has 3 aliphatic rings. The van der Waals surface area contributed by atoms with Crippen molar-refractivity contribution >= 4 is 34.9 Å². The number of carbonyl (C=O) groups excluding carboxylic acids is 3. The molecule has 1 N–H and O–H groups in total. The van der Waals surface area contributed by atoms with Gasteiger partial charge in [-0.1, -0.05) is 103 Å². The van der Waals surface area contributed by atoms with Crippen molar-refractivity contribution in [2.45, 2.75) is 24.4 Å². The number of para-hydroxylation sites is 1. The summed E-state index contributed by atoms with van der Waals surface area (Å²) in [6.45, 7) is 2.01. The zero-order valence-corrected chi connectivity index (χ0v) is 21.4. The first-order chi connectivity index (χ1) is 19.0. The van der Waals surface area contributed by atoms with Crippen molar-refractivity contribution in [3.8, 4) is 0 Å². The van der Waals surface area contributed by atoms with Crippen molar-refractivity contribution in [3.05, 3.63) is 137 Å². The third-order valence-electron chi connectivity index (χ3n) is 8.46. The van der Waals surface area contributed by atoms with Crippen LogP contribution in [0.3, 0.4) is 0 Å². The summed E-state index contributed by atoms with van der Waals surface area (Å²) in [6, 6.07) is 30.4. The summed E-state index contributed by atoms with van der Waals surface area (Å²) in [4.78, 5) is 45.6. The number of hydrogen-bond acceptors (Lipinski definition) is 4. The summed E-state index contributed by atoms with van der Waals surface area (Å²) in [5, 5.41) is 3.07. The van der Waals surface area contributed by atoms with Crippen molar-refractivity contribution in [2.24, 2.45) is 5.92 Å². The van der Waals surface area contributed by atoms with Crippen LogP contribution in [0.1, 0.15) is 37.4 Å². The maximum absolute atomic E-state index is 14.6. The highest BCUT2D eigenvalue weighted by Crippen LogP contribution is 2.58. The Labute approximate surface area is 226 Å². The van der Waals surface area contributed by atoms with Gasteiger partial charge in [0.1, 0.15) is 11.5 Å². The fraction of sp³-hybridized carbons (Fsp3) is 0.147. The number of nitrogens with one attached hydrogen (secondary N) is 1. The third kappa shape index (κ3) is 3.23. The quantitative estimate of drug-likeness (QED) is 0.350. The monoisotopic (exact) mass is 510 g/mol. The van der Waals surface area contributed by atoms with Gasteiger partial charge in [0, 0.05) is 22.5 Å². The molecule has 4 atom stereocenters. The number of carbonyl (C=O) groups is 3. The van der Waals surface area contributed by atoms with Gasteiger partial charge in [0.05, 0.1) is 12.0 Å². The highest BCUT2D eigenvalue weighted by atomic mass is 16.2. The van der Waals surface area contributed by atoms with E-state index in [9.17, 15) is 14.4 Å². The van der Waals surface area contributed by atoms with E-state index >= 15 is 0 Å². The van der Waals surface area contributed by atoms with Gasteiger partial charge in [0.25, 0.3) is 0 Å². The Kier molecular flexibility index (Phi) is 5.17. The predicted molar refractivity (Wildman–Crippen MR) is 152 cm³/mol. The van der Waals surface area contributed by atoms with Crippen LogP contribution in [0.15, 0.2) is 109 Å². The lowest BCUT2D eigenvalue weighted by Crippen LogP contribution is -2.51. The smallest absolute Gasteiger partial charge is 0.238 e. The van der Waals surface area contributed by atoms with Gasteiger partial charge >= 0.3 is 0 Å². The molecular formula is C34H26N2O3. The summed E-state index contributed by atoms with van der Waals surface area (Å²) in [6.07, 6.45) is 4.02. The molecule has 0 unspecified atom stereocenters. The molecular weight excluding hydrogens is 484 g/mol. The van der Waals surface area contributed by atoms with Crippen molar-refractivity contribution in [2.75, 3.05) is 10.2 Å². The van der Waals surface area contributed by atoms with Gasteiger partial charge in [0.2, 0.25) is 5.91 Å². The Morgan fingerprint density at radius 1 is 0.795 bits per heavy atom. The van der Waals surface area contributed by atoms with Crippen molar-refractivity contribution in [3.63, 3.8) is 0 Å². The largest absolute Gasteiger partial charge is 0.352 e. The normalized spacial score (nSPS) is 24.2. The summed E-state index contributed by atoms with van der Waals surface area (Å²) >= 11 is 0. The molecule has 39 heavy (non-hydrogen) atoms. The topological polar surface area (TPSA) is 66.5 Å². The van der Waals surface area contributed by atoms with E-state index < -0.39 is 23.4 Å². The zero-order valence-electron chi connectivity index (χ0n) is 21.4. The van der Waals surface area contributed by atoms with E-state index in [0.717, 1.165) is 22.4 Å². The number of benzene rings is 4. The second-order valence-electron chi connectivity index (χ2n) is 10.5. The SMILES string of the molecule is Cc1ccc2c(c1)N1[C@H](C(=O)c3ccccc3)[C@@H](C(=O)c3ccccc3)[C@]3(C(=O)Nc4ccccc43)[C@H]1C=C2. The Bertz CT molecular complexity index is 1680. The van der Waals surface area contributed by atoms with E-state index in [2.05, 4.69) is 11.4 Å². The molecule has 5 heteroatoms. The first kappa shape index (κ1) is 23.4. The first-order valence-electron chi connectivity index (χ1n) is 13.2. The summed E-state index contributed by atoms with van der Waals surface area (Å²) < 4.78 is 0. The minimum Gasteiger partial charge on any atom is -0.352 e. The van der Waals surface area contributed by atoms with E-state index in [1.54, 1.807) is 24.3 Å². The van der Waals surface area contributed by atoms with E-state index in [0.29, 0.717) is 16.8 Å². The molecule has 5 nitrogen and oxygen atoms in total. The van der Waals surface area contributed by atoms with Crippen LogP contribution in [0, 0.1) is 12.8 Å². The molecule has 0 bridgehead atoms. The number of anilines is 2. The molecule has 4 aromatic carbocycles. The fourth-order valence-corrected chi connectivity index (χ4v) is 6.83. The van der Waals surface area contributed by atoms with Crippen molar-refractivity contribution in [1.29, 1.82) is 0 Å². The van der Waals surface area contributed by atoms with Crippen molar-refractivity contribution in [1.82, 2.24) is 0 Å². The molecule has 1 saturated heterocycles. The van der Waals surface area contributed by atoms with Gasteiger partial charge in [-0.15, -0.1) is 0 Å². The van der Waals surface area contributed by atoms with E-state index in [1.165, 1.54) is 0 Å². The number of rotatable bonds is 4. The van der Waals surface area contributed by atoms with Gasteiger partial charge in [-0.3, -0.25) is 14.4 Å². The van der Waals surface area contributed by atoms with Crippen LogP contribution in [0.4, 0.5) is 11.4 Å². The summed E-state index contributed by atoms with van der Waals surface area (Å²) in [7, 11) is 0. The lowest BCUT2D eigenvalue weighted by atomic mass is 9.64. The first-order valence-corrected chi connectivity index (χ1v) is 13.2. The molecule has 0 saturated carbocycles. The maximum Gasteiger partial charge on any atom is 0.238 e. The van der Waals surface area contributed by atoms with Gasteiger partial charge < -0.3 is 10.2 Å². The number of ketones is 2. The molecule has 1 spiro atoms. The Morgan fingerprint density at radius 3 is 2.15 bits per heavy atom. The van der Waals surface area contributed by atoms with Gasteiger partial charge in [-0.05, 0) is 35.7 Å². The Morgan fingerprint density at radius 2 is 1.44 bits per heavy atom. The standard InChI is InChI=1S/C34H26N2O3/c1-21-16-17-22-18-19-28-34(25-14-8-9-15-26(25)35-33(34)39)29(31(37)23-10-4-2-5-11-23)30(36(28)27(22)20-21)32(38)24-12-6-3-7-13-24/h2-20,28-30H,1H3,(H,35,39)/t28-,29+,30+,34-/m1/s1. The van der Waals surface area contributed by atoms with E-state index in [1.807, 2.05) is 96.8 Å². The predicted octanol–water partition coefficient (Wildman–Crippen LogP) is 5.85. The second-order valence-corrected chi connectivity index (χ2v) is 10.5. The van der Waals surface area contributed by atoms with Gasteiger partial charge in [-0.2, -0.15) is 0 Å². The summed E-state index contributed by atoms with van der Waals surface area (Å²) in [5.41, 5.74) is 3.99. The molecule has 0 aliphatic carbocycles. The molecule has 1 amide bonds. The number of fused-ring (bicyclic) bond motifs is 6. The number of nitrogens with zero attached hydrogens (tertiary/aromatic N) is 1. The van der Waals surface area contributed by atoms with Crippen LogP contribution >= 0.6 is 0 Å². The van der Waals surface area contributed by atoms with E-state index in [-0.39, 0.29) is 17.5 Å². The van der Waals surface area contributed by atoms with Crippen LogP contribution in [0.5, 0.6) is 0 Å². The second kappa shape index (κ2) is 8.63. The molecule has 3 aliphatic heterocycles. The minimum absolute atomic E-state index is 0.174. The molecule has 0 aromatic heterocycles. The number of Topliss-reactive ketones (excluding diaryl/α,β-unsaturated/α-hetero) is 2. The number of amides is 1. The lowest BCUT2D eigenvalue weighted by molar-refractivity contribution is -0.121. The van der Waals surface area contributed by atoms with Crippen LogP contribution < -0.4 is 10.2 Å². The molecule has 4 aromatic rings. The minimum atomic E-state index is -1.30. The number of aryl methyl sites for hydroxylation is 1. The molecule has 1 fully saturated rings. The third-order valence-corrected chi connectivity index (χ3v) is 8.46. The van der Waals surface area contributed by atoms with Crippen molar-refractivity contribution < 1.29 is 14.4 Å². The Hall–Kier alpha value is -4.77. The van der Waals surface area contributed by atoms with Crippen LogP contribution in [0.2, 0.25) is 0 Å². The Balaban J connectivity index is 1.55. The molecule has 0 radical (unpaired) electrons. The highest BCUT2D eigenvalue weighted by molar-refractivity contribution is 6.18. The highest BCUT2D eigenvalue weighted by Gasteiger charge is 2.70. The van der Waals surface area contributed by atoms with Gasteiger partial charge in [0.15, 0.2) is 11.6 Å². The average Bonchev–Trinajstić information content (AvgIpc) is 3.45. The lowest BCUT2D eigenvalue weighted by Gasteiger charge is -2.37. The number of hydrogen-bond donors (Lipinski definition) is 1. The fourth-order valence-electron chi connectivity index (χ4n) is 6.83. The van der Waals surface area contributed by atoms with E-state index in [4.69, 9.17) is 0 Å². The molecule has 190 valence electrons. The van der Waals surface area contributed by atoms with Crippen LogP contribution in [-0.4, -0.2) is 29.6 Å². The van der Waals surface area contributed by atoms with Crippen LogP contribution in [0.25, 0.3) is 6.08 Å². The summed E-state index contributed by atoms with van der Waals surface area (Å²) in [5.74, 6) is -1.60.